The van der Waals surface area contributed by atoms with E-state index in [0.717, 1.165) is 16.8 Å². The molecular weight excluding hydrogens is 491 g/mol. The van der Waals surface area contributed by atoms with Gasteiger partial charge in [0.05, 0.1) is 0 Å². The molecule has 1 fully saturated rings. The first-order chi connectivity index (χ1) is 16.7. The van der Waals surface area contributed by atoms with Crippen LogP contribution in [0.5, 0.6) is 0 Å². The standard InChI is InChI=1S/C18H19N6O10P/c19-23-22-18(14(27)13(26)15(33-18)24-7-6-12(25)20-17(24)30)9-32-34-35(31)21-11(16(28)29)8-10-4-2-1-3-5-10/h1-7,11,13-15,26-27H,8-9H2,(H,28,29)(H,20,25,30)/t11-,13+,14-,15+,18+/m0/s1. The van der Waals surface area contributed by atoms with E-state index in [-0.39, 0.29) is 6.42 Å². The van der Waals surface area contributed by atoms with Gasteiger partial charge in [-0.25, -0.2) is 9.59 Å². The van der Waals surface area contributed by atoms with E-state index in [4.69, 9.17) is 15.2 Å². The van der Waals surface area contributed by atoms with Gasteiger partial charge in [-0.15, -0.1) is 0 Å². The molecule has 1 aromatic carbocycles. The zero-order valence-corrected chi connectivity index (χ0v) is 18.5. The average Bonchev–Trinajstić information content (AvgIpc) is 3.05. The highest BCUT2D eigenvalue weighted by Gasteiger charge is 2.56. The van der Waals surface area contributed by atoms with E-state index >= 15 is 0 Å². The maximum atomic E-state index is 12.1. The molecule has 6 atom stereocenters. The van der Waals surface area contributed by atoms with Crippen LogP contribution >= 0.6 is 8.17 Å². The van der Waals surface area contributed by atoms with Crippen LogP contribution in [0, 0.1) is 0 Å². The molecule has 1 unspecified atom stereocenters. The van der Waals surface area contributed by atoms with E-state index in [1.165, 1.54) is 0 Å². The Morgan fingerprint density at radius 2 is 2.06 bits per heavy atom. The van der Waals surface area contributed by atoms with Gasteiger partial charge in [-0.3, -0.25) is 14.3 Å². The third-order valence-electron chi connectivity index (χ3n) is 4.91. The lowest BCUT2D eigenvalue weighted by Crippen LogP contribution is -2.45. The molecule has 3 rings (SSSR count). The van der Waals surface area contributed by atoms with Crippen molar-refractivity contribution in [3.63, 3.8) is 0 Å². The fourth-order valence-electron chi connectivity index (χ4n) is 3.23. The molecule has 0 spiro atoms. The highest BCUT2D eigenvalue weighted by Crippen LogP contribution is 2.38. The van der Waals surface area contributed by atoms with Gasteiger partial charge in [0, 0.05) is 28.3 Å². The number of benzene rings is 1. The number of ether oxygens (including phenoxy) is 1. The first kappa shape index (κ1) is 26.2. The zero-order chi connectivity index (χ0) is 25.6. The van der Waals surface area contributed by atoms with Crippen LogP contribution in [-0.4, -0.2) is 61.4 Å². The van der Waals surface area contributed by atoms with Crippen molar-refractivity contribution in [2.45, 2.75) is 36.6 Å². The number of hydrogen-bond donors (Lipinski definition) is 4. The summed E-state index contributed by atoms with van der Waals surface area (Å²) in [7, 11) is -3.05. The van der Waals surface area contributed by atoms with E-state index < -0.39 is 62.2 Å². The monoisotopic (exact) mass is 510 g/mol. The summed E-state index contributed by atoms with van der Waals surface area (Å²) < 4.78 is 14.2. The van der Waals surface area contributed by atoms with Crippen molar-refractivity contribution in [3.8, 4) is 0 Å². The highest BCUT2D eigenvalue weighted by molar-refractivity contribution is 7.33. The molecule has 0 amide bonds. The van der Waals surface area contributed by atoms with Gasteiger partial charge in [0.25, 0.3) is 5.56 Å². The van der Waals surface area contributed by atoms with Gasteiger partial charge in [0.15, 0.2) is 12.3 Å². The van der Waals surface area contributed by atoms with Crippen LogP contribution in [0.1, 0.15) is 11.8 Å². The molecule has 1 aliphatic heterocycles. The third-order valence-corrected chi connectivity index (χ3v) is 5.62. The Bertz CT molecular complexity index is 1250. The number of aliphatic carboxylic acids is 1. The maximum Gasteiger partial charge on any atom is 0.382 e. The molecule has 186 valence electrons. The quantitative estimate of drug-likeness (QED) is 0.0781. The number of azide groups is 1. The number of H-pyrrole nitrogens is 1. The Morgan fingerprint density at radius 3 is 2.69 bits per heavy atom. The minimum absolute atomic E-state index is 0.0765. The van der Waals surface area contributed by atoms with Crippen LogP contribution in [0.25, 0.3) is 10.4 Å². The van der Waals surface area contributed by atoms with Crippen molar-refractivity contribution in [1.82, 2.24) is 9.55 Å². The van der Waals surface area contributed by atoms with Gasteiger partial charge < -0.3 is 24.9 Å². The van der Waals surface area contributed by atoms with E-state index in [9.17, 15) is 34.6 Å². The number of carboxylic acids is 1. The molecule has 4 N–H and O–H groups in total. The number of carbonyl (C=O) groups is 1. The van der Waals surface area contributed by atoms with Crippen molar-refractivity contribution in [1.29, 1.82) is 0 Å². The second kappa shape index (κ2) is 11.3. The lowest BCUT2D eigenvalue weighted by molar-refractivity contribution is -0.291. The molecule has 0 radical (unpaired) electrons. The average molecular weight is 510 g/mol. The van der Waals surface area contributed by atoms with Crippen LogP contribution in [0.3, 0.4) is 0 Å². The number of aliphatic hydroxyl groups is 2. The summed E-state index contributed by atoms with van der Waals surface area (Å²) in [6.45, 7) is -0.934. The molecule has 2 aromatic rings. The van der Waals surface area contributed by atoms with E-state index in [1.807, 2.05) is 4.98 Å². The summed E-state index contributed by atoms with van der Waals surface area (Å²) in [5, 5.41) is 33.4. The number of aromatic nitrogens is 2. The number of nitrogens with one attached hydrogen (secondary N) is 1. The smallest absolute Gasteiger partial charge is 0.382 e. The van der Waals surface area contributed by atoms with E-state index in [2.05, 4.69) is 19.4 Å². The second-order valence-electron chi connectivity index (χ2n) is 7.23. The van der Waals surface area contributed by atoms with Gasteiger partial charge in [-0.1, -0.05) is 40.2 Å². The Labute approximate surface area is 196 Å². The molecule has 1 aliphatic rings. The van der Waals surface area contributed by atoms with Gasteiger partial charge in [0.1, 0.15) is 18.8 Å². The number of aliphatic hydroxyl groups excluding tert-OH is 2. The molecule has 35 heavy (non-hydrogen) atoms. The summed E-state index contributed by atoms with van der Waals surface area (Å²) in [5.74, 6) is -1.36. The van der Waals surface area contributed by atoms with Crippen LogP contribution in [-0.2, 0) is 25.5 Å². The minimum atomic E-state index is -3.05. The van der Waals surface area contributed by atoms with Gasteiger partial charge in [-0.2, -0.15) is 4.89 Å². The van der Waals surface area contributed by atoms with Crippen LogP contribution in [0.15, 0.2) is 62.0 Å². The first-order valence-electron chi connectivity index (χ1n) is 9.83. The lowest BCUT2D eigenvalue weighted by atomic mass is 10.1. The summed E-state index contributed by atoms with van der Waals surface area (Å²) in [6.07, 6.45) is -4.48. The van der Waals surface area contributed by atoms with Crippen molar-refractivity contribution in [3.05, 3.63) is 79.4 Å². The number of aromatic amines is 1. The third kappa shape index (κ3) is 6.16. The fraction of sp³-hybridized carbons (Fsp3) is 0.389. The summed E-state index contributed by atoms with van der Waals surface area (Å²) in [4.78, 5) is 56.1. The number of carboxylic acid groups (broad SMARTS) is 1. The SMILES string of the molecule is [N-]=[N+]=N[C@]1(COO[P+]([O-])=N[C@@H](Cc2ccccc2)C(=O)O)O[C@@H](n2ccc(=O)[nH]c2=O)[C@H](O)[C@@H]1O. The van der Waals surface area contributed by atoms with Gasteiger partial charge >= 0.3 is 19.8 Å². The predicted octanol–water partition coefficient (Wildman–Crippen LogP) is -0.706. The number of nitrogens with zero attached hydrogens (tertiary/aromatic N) is 5. The van der Waals surface area contributed by atoms with Gasteiger partial charge in [-0.05, 0) is 11.1 Å². The minimum Gasteiger partial charge on any atom is -0.581 e. The molecular formula is C18H19N6O10P. The Kier molecular flexibility index (Phi) is 8.45. The van der Waals surface area contributed by atoms with E-state index in [1.54, 1.807) is 30.3 Å². The molecule has 1 aromatic heterocycles. The van der Waals surface area contributed by atoms with Crippen LogP contribution in [0.4, 0.5) is 0 Å². The first-order valence-corrected chi connectivity index (χ1v) is 11.0. The molecule has 1 saturated heterocycles. The van der Waals surface area contributed by atoms with Crippen LogP contribution in [0.2, 0.25) is 0 Å². The largest absolute Gasteiger partial charge is 0.581 e. The van der Waals surface area contributed by atoms with Crippen molar-refractivity contribution in [2.75, 3.05) is 6.61 Å². The summed E-state index contributed by atoms with van der Waals surface area (Å²) in [6, 6.07) is 7.97. The lowest BCUT2D eigenvalue weighted by Gasteiger charge is -2.24. The molecule has 0 saturated carbocycles. The summed E-state index contributed by atoms with van der Waals surface area (Å²) >= 11 is 0. The zero-order valence-electron chi connectivity index (χ0n) is 17.6. The molecule has 2 heterocycles. The number of rotatable bonds is 10. The fourth-order valence-corrected chi connectivity index (χ4v) is 3.82. The van der Waals surface area contributed by atoms with Gasteiger partial charge in [0.2, 0.25) is 5.72 Å². The molecule has 0 bridgehead atoms. The van der Waals surface area contributed by atoms with Crippen molar-refractivity contribution < 1.29 is 39.3 Å². The van der Waals surface area contributed by atoms with Crippen LogP contribution < -0.4 is 16.1 Å². The van der Waals surface area contributed by atoms with Crippen molar-refractivity contribution in [2.24, 2.45) is 9.86 Å². The maximum absolute atomic E-state index is 12.1. The summed E-state index contributed by atoms with van der Waals surface area (Å²) in [5.41, 5.74) is 5.47. The Balaban J connectivity index is 1.72. The molecule has 16 nitrogen and oxygen atoms in total. The molecule has 0 aliphatic carbocycles. The normalized spacial score (nSPS) is 25.1. The van der Waals surface area contributed by atoms with E-state index in [0.29, 0.717) is 5.56 Å². The number of hydrogen-bond acceptors (Lipinski definition) is 11. The Morgan fingerprint density at radius 1 is 1.34 bits per heavy atom. The highest BCUT2D eigenvalue weighted by atomic mass is 31.1. The van der Waals surface area contributed by atoms with Crippen molar-refractivity contribution >= 4 is 14.1 Å². The second-order valence-corrected chi connectivity index (χ2v) is 8.08. The topological polar surface area (TPSA) is 244 Å². The predicted molar refractivity (Wildman–Crippen MR) is 113 cm³/mol. The Hall–Kier alpha value is -3.46. The molecule has 17 heteroatoms.